The summed E-state index contributed by atoms with van der Waals surface area (Å²) in [5, 5.41) is 2.99. The zero-order valence-electron chi connectivity index (χ0n) is 14.6. The Balaban J connectivity index is 1.53. The van der Waals surface area contributed by atoms with Gasteiger partial charge in [-0.15, -0.1) is 0 Å². The quantitative estimate of drug-likeness (QED) is 0.831. The van der Waals surface area contributed by atoms with Gasteiger partial charge in [0.2, 0.25) is 0 Å². The predicted octanol–water partition coefficient (Wildman–Crippen LogP) is 4.32. The number of amides is 2. The van der Waals surface area contributed by atoms with Crippen molar-refractivity contribution in [1.82, 2.24) is 9.88 Å². The zero-order chi connectivity index (χ0) is 17.8. The van der Waals surface area contributed by atoms with Crippen LogP contribution in [0, 0.1) is 0 Å². The lowest BCUT2D eigenvalue weighted by Crippen LogP contribution is -2.50. The molecule has 2 heterocycles. The van der Waals surface area contributed by atoms with Crippen molar-refractivity contribution < 1.29 is 4.79 Å². The van der Waals surface area contributed by atoms with Crippen molar-refractivity contribution in [3.05, 3.63) is 52.6 Å². The molecular formula is C19H23BrN4O. The van der Waals surface area contributed by atoms with Gasteiger partial charge >= 0.3 is 6.03 Å². The Morgan fingerprint density at radius 1 is 1.08 bits per heavy atom. The molecule has 2 aromatic rings. The number of nitrogens with one attached hydrogen (secondary N) is 1. The number of benzene rings is 1. The number of anilines is 2. The summed E-state index contributed by atoms with van der Waals surface area (Å²) in [5.41, 5.74) is 2.11. The van der Waals surface area contributed by atoms with E-state index in [1.807, 2.05) is 29.2 Å². The highest BCUT2D eigenvalue weighted by molar-refractivity contribution is 9.10. The number of halogens is 1. The van der Waals surface area contributed by atoms with E-state index in [9.17, 15) is 4.79 Å². The Morgan fingerprint density at radius 3 is 2.32 bits per heavy atom. The molecule has 0 radical (unpaired) electrons. The topological polar surface area (TPSA) is 48.5 Å². The smallest absolute Gasteiger partial charge is 0.321 e. The standard InChI is InChI=1S/C19H23BrN4O/c1-14(2)15-3-6-17(7-4-15)22-19(25)24-11-9-23(10-12-24)18-8-5-16(20)13-21-18/h3-8,13-14H,9-12H2,1-2H3,(H,22,25). The van der Waals surface area contributed by atoms with Crippen LogP contribution < -0.4 is 10.2 Å². The number of rotatable bonds is 3. The van der Waals surface area contributed by atoms with Crippen LogP contribution in [-0.4, -0.2) is 42.1 Å². The lowest BCUT2D eigenvalue weighted by Gasteiger charge is -2.35. The molecule has 3 rings (SSSR count). The summed E-state index contributed by atoms with van der Waals surface area (Å²) in [6.45, 7) is 7.27. The third kappa shape index (κ3) is 4.51. The highest BCUT2D eigenvalue weighted by Crippen LogP contribution is 2.19. The summed E-state index contributed by atoms with van der Waals surface area (Å²) in [4.78, 5) is 20.9. The summed E-state index contributed by atoms with van der Waals surface area (Å²) >= 11 is 3.40. The Labute approximate surface area is 157 Å². The lowest BCUT2D eigenvalue weighted by atomic mass is 10.0. The van der Waals surface area contributed by atoms with E-state index in [1.165, 1.54) is 5.56 Å². The summed E-state index contributed by atoms with van der Waals surface area (Å²) in [7, 11) is 0. The Bertz CT molecular complexity index is 707. The Kier molecular flexibility index (Phi) is 5.58. The minimum atomic E-state index is -0.0410. The molecule has 1 aromatic carbocycles. The van der Waals surface area contributed by atoms with Crippen LogP contribution in [0.4, 0.5) is 16.3 Å². The second-order valence-electron chi connectivity index (χ2n) is 6.52. The fourth-order valence-corrected chi connectivity index (χ4v) is 3.08. The summed E-state index contributed by atoms with van der Waals surface area (Å²) in [5.74, 6) is 1.44. The molecule has 1 aliphatic rings. The highest BCUT2D eigenvalue weighted by Gasteiger charge is 2.21. The molecular weight excluding hydrogens is 380 g/mol. The van der Waals surface area contributed by atoms with Crippen molar-refractivity contribution in [2.45, 2.75) is 19.8 Å². The first-order valence-corrected chi connectivity index (χ1v) is 9.34. The van der Waals surface area contributed by atoms with E-state index >= 15 is 0 Å². The number of pyridine rings is 1. The molecule has 0 spiro atoms. The first kappa shape index (κ1) is 17.7. The van der Waals surface area contributed by atoms with Gasteiger partial charge in [-0.1, -0.05) is 26.0 Å². The second-order valence-corrected chi connectivity index (χ2v) is 7.43. The van der Waals surface area contributed by atoms with Crippen molar-refractivity contribution >= 4 is 33.5 Å². The van der Waals surface area contributed by atoms with Crippen molar-refractivity contribution in [3.63, 3.8) is 0 Å². The lowest BCUT2D eigenvalue weighted by molar-refractivity contribution is 0.208. The third-order valence-corrected chi connectivity index (χ3v) is 4.90. The first-order valence-electron chi connectivity index (χ1n) is 8.55. The van der Waals surface area contributed by atoms with E-state index < -0.39 is 0 Å². The molecule has 0 saturated carbocycles. The van der Waals surface area contributed by atoms with Crippen LogP contribution in [0.15, 0.2) is 47.1 Å². The van der Waals surface area contributed by atoms with E-state index in [1.54, 1.807) is 6.20 Å². The van der Waals surface area contributed by atoms with Crippen LogP contribution in [-0.2, 0) is 0 Å². The second kappa shape index (κ2) is 7.87. The van der Waals surface area contributed by atoms with Gasteiger partial charge in [-0.05, 0) is 51.7 Å². The fraction of sp³-hybridized carbons (Fsp3) is 0.368. The van der Waals surface area contributed by atoms with Gasteiger partial charge in [-0.25, -0.2) is 9.78 Å². The molecule has 5 nitrogen and oxygen atoms in total. The summed E-state index contributed by atoms with van der Waals surface area (Å²) < 4.78 is 0.970. The summed E-state index contributed by atoms with van der Waals surface area (Å²) in [6, 6.07) is 12.0. The number of hydrogen-bond acceptors (Lipinski definition) is 3. The van der Waals surface area contributed by atoms with E-state index in [2.05, 4.69) is 57.1 Å². The van der Waals surface area contributed by atoms with Crippen molar-refractivity contribution in [2.24, 2.45) is 0 Å². The number of aromatic nitrogens is 1. The number of nitrogens with zero attached hydrogens (tertiary/aromatic N) is 3. The molecule has 1 N–H and O–H groups in total. The van der Waals surface area contributed by atoms with Gasteiger partial charge < -0.3 is 15.1 Å². The van der Waals surface area contributed by atoms with Gasteiger partial charge in [-0.2, -0.15) is 0 Å². The SMILES string of the molecule is CC(C)c1ccc(NC(=O)N2CCN(c3ccc(Br)cn3)CC2)cc1. The number of urea groups is 1. The van der Waals surface area contributed by atoms with Crippen molar-refractivity contribution in [2.75, 3.05) is 36.4 Å². The van der Waals surface area contributed by atoms with Crippen LogP contribution in [0.5, 0.6) is 0 Å². The van der Waals surface area contributed by atoms with Crippen LogP contribution in [0.25, 0.3) is 0 Å². The van der Waals surface area contributed by atoms with Crippen LogP contribution in [0.3, 0.4) is 0 Å². The van der Waals surface area contributed by atoms with E-state index in [4.69, 9.17) is 0 Å². The fourth-order valence-electron chi connectivity index (χ4n) is 2.85. The van der Waals surface area contributed by atoms with Gasteiger partial charge in [0, 0.05) is 42.5 Å². The van der Waals surface area contributed by atoms with Gasteiger partial charge in [-0.3, -0.25) is 0 Å². The molecule has 1 fully saturated rings. The molecule has 1 aromatic heterocycles. The molecule has 0 bridgehead atoms. The average Bonchev–Trinajstić information content (AvgIpc) is 2.63. The Morgan fingerprint density at radius 2 is 1.76 bits per heavy atom. The van der Waals surface area contributed by atoms with Crippen molar-refractivity contribution in [1.29, 1.82) is 0 Å². The summed E-state index contributed by atoms with van der Waals surface area (Å²) in [6.07, 6.45) is 1.80. The Hall–Kier alpha value is -2.08. The normalized spacial score (nSPS) is 14.7. The monoisotopic (exact) mass is 402 g/mol. The molecule has 0 atom stereocenters. The minimum absolute atomic E-state index is 0.0410. The largest absolute Gasteiger partial charge is 0.353 e. The van der Waals surface area contributed by atoms with Crippen LogP contribution in [0.1, 0.15) is 25.3 Å². The van der Waals surface area contributed by atoms with E-state index in [0.29, 0.717) is 19.0 Å². The average molecular weight is 403 g/mol. The van der Waals surface area contributed by atoms with E-state index in [0.717, 1.165) is 29.1 Å². The number of carbonyl (C=O) groups is 1. The number of piperazine rings is 1. The van der Waals surface area contributed by atoms with Crippen LogP contribution in [0.2, 0.25) is 0 Å². The zero-order valence-corrected chi connectivity index (χ0v) is 16.2. The minimum Gasteiger partial charge on any atom is -0.353 e. The van der Waals surface area contributed by atoms with Gasteiger partial charge in [0.1, 0.15) is 5.82 Å². The first-order chi connectivity index (χ1) is 12.0. The maximum Gasteiger partial charge on any atom is 0.321 e. The molecule has 1 saturated heterocycles. The molecule has 0 unspecified atom stereocenters. The number of carbonyl (C=O) groups excluding carboxylic acids is 1. The van der Waals surface area contributed by atoms with Gasteiger partial charge in [0.15, 0.2) is 0 Å². The molecule has 132 valence electrons. The third-order valence-electron chi connectivity index (χ3n) is 4.43. The highest BCUT2D eigenvalue weighted by atomic mass is 79.9. The number of hydrogen-bond donors (Lipinski definition) is 1. The molecule has 6 heteroatoms. The maximum atomic E-state index is 12.4. The van der Waals surface area contributed by atoms with Crippen molar-refractivity contribution in [3.8, 4) is 0 Å². The van der Waals surface area contributed by atoms with Crippen LogP contribution >= 0.6 is 15.9 Å². The molecule has 2 amide bonds. The predicted molar refractivity (Wildman–Crippen MR) is 105 cm³/mol. The molecule has 0 aliphatic carbocycles. The molecule has 1 aliphatic heterocycles. The maximum absolute atomic E-state index is 12.4. The van der Waals surface area contributed by atoms with Gasteiger partial charge in [0.05, 0.1) is 0 Å². The molecule has 25 heavy (non-hydrogen) atoms. The van der Waals surface area contributed by atoms with Gasteiger partial charge in [0.25, 0.3) is 0 Å². The van der Waals surface area contributed by atoms with E-state index in [-0.39, 0.29) is 6.03 Å².